The number of carbonyl (C=O) groups excluding carboxylic acids is 1. The second kappa shape index (κ2) is 5.50. The third kappa shape index (κ3) is 3.39. The van der Waals surface area contributed by atoms with Crippen LogP contribution in [0, 0.1) is 11.3 Å². The normalized spacial score (nSPS) is 16.6. The first-order chi connectivity index (χ1) is 8.37. The van der Waals surface area contributed by atoms with Gasteiger partial charge in [-0.25, -0.2) is 8.78 Å². The van der Waals surface area contributed by atoms with Crippen molar-refractivity contribution in [3.8, 4) is 0 Å². The van der Waals surface area contributed by atoms with Crippen molar-refractivity contribution in [3.05, 3.63) is 0 Å². The van der Waals surface area contributed by atoms with Crippen LogP contribution < -0.4 is 0 Å². The Morgan fingerprint density at radius 3 is 1.74 bits per heavy atom. The van der Waals surface area contributed by atoms with Gasteiger partial charge >= 0.3 is 17.9 Å². The predicted molar refractivity (Wildman–Crippen MR) is 58.7 cm³/mol. The Balaban J connectivity index is 5.82. The van der Waals surface area contributed by atoms with E-state index >= 15 is 0 Å². The molecule has 0 aromatic heterocycles. The summed E-state index contributed by atoms with van der Waals surface area (Å²) >= 11 is 0. The first kappa shape index (κ1) is 17.3. The Hall–Kier alpha value is -1.73. The fourth-order valence-electron chi connectivity index (χ4n) is 1.38. The number of hydrogen-bond acceptors (Lipinski definition) is 4. The second-order valence-corrected chi connectivity index (χ2v) is 5.04. The number of carboxylic acid groups (broad SMARTS) is 2. The van der Waals surface area contributed by atoms with Crippen molar-refractivity contribution in [2.45, 2.75) is 39.7 Å². The molecule has 0 heterocycles. The van der Waals surface area contributed by atoms with Gasteiger partial charge in [-0.05, 0) is 27.7 Å². The number of carboxylic acids is 2. The molecule has 0 aliphatic rings. The lowest BCUT2D eigenvalue weighted by molar-refractivity contribution is -0.198. The van der Waals surface area contributed by atoms with Gasteiger partial charge in [-0.15, -0.1) is 0 Å². The van der Waals surface area contributed by atoms with Crippen LogP contribution in [0.3, 0.4) is 0 Å². The van der Waals surface area contributed by atoms with Gasteiger partial charge in [-0.2, -0.15) is 0 Å². The average molecular weight is 282 g/mol. The molecule has 0 aliphatic carbocycles. The van der Waals surface area contributed by atoms with Crippen LogP contribution in [0.5, 0.6) is 0 Å². The van der Waals surface area contributed by atoms with Crippen LogP contribution in [0.2, 0.25) is 0 Å². The highest BCUT2D eigenvalue weighted by Crippen LogP contribution is 2.38. The van der Waals surface area contributed by atoms with Crippen LogP contribution in [0.25, 0.3) is 0 Å². The molecule has 2 unspecified atom stereocenters. The topological polar surface area (TPSA) is 101 Å². The summed E-state index contributed by atoms with van der Waals surface area (Å²) in [5.74, 6) is -7.96. The van der Waals surface area contributed by atoms with Crippen molar-refractivity contribution in [2.24, 2.45) is 11.3 Å². The third-order valence-electron chi connectivity index (χ3n) is 2.49. The van der Waals surface area contributed by atoms with Gasteiger partial charge in [0.15, 0.2) is 0 Å². The second-order valence-electron chi connectivity index (χ2n) is 5.04. The molecule has 0 rings (SSSR count). The summed E-state index contributed by atoms with van der Waals surface area (Å²) < 4.78 is 30.8. The molecule has 0 saturated heterocycles. The number of alkyl halides is 2. The average Bonchev–Trinajstić information content (AvgIpc) is 2.13. The smallest absolute Gasteiger partial charge is 0.330 e. The van der Waals surface area contributed by atoms with Crippen LogP contribution in [0.15, 0.2) is 0 Å². The van der Waals surface area contributed by atoms with Gasteiger partial charge in [0.25, 0.3) is 6.43 Å². The van der Waals surface area contributed by atoms with E-state index in [2.05, 4.69) is 4.74 Å². The largest absolute Gasteiger partial charge is 0.481 e. The maximum Gasteiger partial charge on any atom is 0.330 e. The zero-order chi connectivity index (χ0) is 15.6. The number of carbonyl (C=O) groups is 3. The molecule has 0 aliphatic heterocycles. The van der Waals surface area contributed by atoms with Crippen LogP contribution >= 0.6 is 0 Å². The molecule has 19 heavy (non-hydrogen) atoms. The highest BCUT2D eigenvalue weighted by molar-refractivity contribution is 6.03. The lowest BCUT2D eigenvalue weighted by Crippen LogP contribution is -2.55. The van der Waals surface area contributed by atoms with Gasteiger partial charge in [-0.1, -0.05) is 0 Å². The molecule has 0 amide bonds. The van der Waals surface area contributed by atoms with Gasteiger partial charge in [0.05, 0.1) is 5.92 Å². The Labute approximate surface area is 108 Å². The number of ether oxygens (including phenoxy) is 1. The van der Waals surface area contributed by atoms with Crippen LogP contribution in [0.4, 0.5) is 8.78 Å². The Bertz CT molecular complexity index is 387. The maximum atomic E-state index is 13.1. The minimum atomic E-state index is -3.72. The molecule has 2 N–H and O–H groups in total. The lowest BCUT2D eigenvalue weighted by atomic mass is 9.76. The SMILES string of the molecule is CC(C(=O)O)C(C(=O)O)(C(=O)OC(C)(C)C)C(F)F. The van der Waals surface area contributed by atoms with E-state index < -0.39 is 41.3 Å². The van der Waals surface area contributed by atoms with Gasteiger partial charge in [0, 0.05) is 0 Å². The highest BCUT2D eigenvalue weighted by atomic mass is 19.3. The first-order valence-electron chi connectivity index (χ1n) is 5.35. The zero-order valence-corrected chi connectivity index (χ0v) is 10.9. The minimum Gasteiger partial charge on any atom is -0.481 e. The zero-order valence-electron chi connectivity index (χ0n) is 10.9. The molecule has 0 saturated carbocycles. The summed E-state index contributed by atoms with van der Waals surface area (Å²) in [6, 6.07) is 0. The van der Waals surface area contributed by atoms with Gasteiger partial charge in [0.2, 0.25) is 5.41 Å². The lowest BCUT2D eigenvalue weighted by Gasteiger charge is -2.32. The van der Waals surface area contributed by atoms with Gasteiger partial charge in [-0.3, -0.25) is 14.4 Å². The molecule has 0 fully saturated rings. The maximum absolute atomic E-state index is 13.1. The van der Waals surface area contributed by atoms with Crippen molar-refractivity contribution in [1.29, 1.82) is 0 Å². The minimum absolute atomic E-state index is 0.729. The van der Waals surface area contributed by atoms with E-state index in [1.165, 1.54) is 20.8 Å². The van der Waals surface area contributed by atoms with E-state index in [4.69, 9.17) is 10.2 Å². The van der Waals surface area contributed by atoms with Crippen molar-refractivity contribution >= 4 is 17.9 Å². The molecule has 2 atom stereocenters. The van der Waals surface area contributed by atoms with Gasteiger partial charge in [0.1, 0.15) is 5.60 Å². The molecule has 110 valence electrons. The molecule has 0 bridgehead atoms. The van der Waals surface area contributed by atoms with Crippen LogP contribution in [-0.4, -0.2) is 40.1 Å². The quantitative estimate of drug-likeness (QED) is 0.583. The monoisotopic (exact) mass is 282 g/mol. The molecular formula is C11H16F2O6. The number of aliphatic carboxylic acids is 2. The van der Waals surface area contributed by atoms with Crippen molar-refractivity contribution in [2.75, 3.05) is 0 Å². The number of hydrogen-bond donors (Lipinski definition) is 2. The summed E-state index contributed by atoms with van der Waals surface area (Å²) in [4.78, 5) is 33.7. The fourth-order valence-corrected chi connectivity index (χ4v) is 1.38. The van der Waals surface area contributed by atoms with E-state index in [0.717, 1.165) is 6.92 Å². The molecule has 8 heteroatoms. The number of rotatable bonds is 5. The van der Waals surface area contributed by atoms with Crippen molar-refractivity contribution in [3.63, 3.8) is 0 Å². The molecule has 0 spiro atoms. The molecule has 0 aromatic carbocycles. The summed E-state index contributed by atoms with van der Waals surface area (Å²) in [7, 11) is 0. The Morgan fingerprint density at radius 1 is 1.11 bits per heavy atom. The van der Waals surface area contributed by atoms with E-state index in [1.807, 2.05) is 0 Å². The highest BCUT2D eigenvalue weighted by Gasteiger charge is 2.63. The van der Waals surface area contributed by atoms with Gasteiger partial charge < -0.3 is 14.9 Å². The summed E-state index contributed by atoms with van der Waals surface area (Å²) in [6.45, 7) is 4.80. The van der Waals surface area contributed by atoms with Crippen LogP contribution in [-0.2, 0) is 19.1 Å². The van der Waals surface area contributed by atoms with Crippen LogP contribution in [0.1, 0.15) is 27.7 Å². The summed E-state index contributed by atoms with van der Waals surface area (Å²) in [5, 5.41) is 17.7. The van der Waals surface area contributed by atoms with E-state index in [0.29, 0.717) is 0 Å². The first-order valence-corrected chi connectivity index (χ1v) is 5.35. The van der Waals surface area contributed by atoms with E-state index in [1.54, 1.807) is 0 Å². The Kier molecular flexibility index (Phi) is 5.00. The fraction of sp³-hybridized carbons (Fsp3) is 0.727. The summed E-state index contributed by atoms with van der Waals surface area (Å²) in [6.07, 6.45) is -3.72. The Morgan fingerprint density at radius 2 is 1.53 bits per heavy atom. The standard InChI is InChI=1S/C11H16F2O6/c1-5(6(14)15)11(7(12)13,8(16)17)9(18)19-10(2,3)4/h5,7H,1-4H3,(H,14,15)(H,16,17). The molecule has 0 aromatic rings. The number of halogens is 2. The van der Waals surface area contributed by atoms with E-state index in [9.17, 15) is 23.2 Å². The number of esters is 1. The van der Waals surface area contributed by atoms with E-state index in [-0.39, 0.29) is 0 Å². The predicted octanol–water partition coefficient (Wildman–Crippen LogP) is 1.38. The van der Waals surface area contributed by atoms with Crippen molar-refractivity contribution in [1.82, 2.24) is 0 Å². The third-order valence-corrected chi connectivity index (χ3v) is 2.49. The summed E-state index contributed by atoms with van der Waals surface area (Å²) in [5.41, 5.74) is -4.65. The molecule has 0 radical (unpaired) electrons. The molecule has 6 nitrogen and oxygen atoms in total. The molecular weight excluding hydrogens is 266 g/mol. The van der Waals surface area contributed by atoms with Crippen molar-refractivity contribution < 1.29 is 38.1 Å².